The Kier molecular flexibility index (Phi) is 3.61. The van der Waals surface area contributed by atoms with Gasteiger partial charge in [0, 0.05) is 22.5 Å². The third-order valence-electron chi connectivity index (χ3n) is 4.22. The number of hydrogen-bond acceptors (Lipinski definition) is 1. The Bertz CT molecular complexity index is 513. The van der Waals surface area contributed by atoms with Gasteiger partial charge in [-0.3, -0.25) is 4.79 Å². The number of amides is 1. The van der Waals surface area contributed by atoms with Crippen molar-refractivity contribution in [1.82, 2.24) is 0 Å². The first-order valence-electron chi connectivity index (χ1n) is 6.89. The molecule has 1 aliphatic carbocycles. The monoisotopic (exact) mass is 325 g/mol. The van der Waals surface area contributed by atoms with Crippen molar-refractivity contribution >= 4 is 27.5 Å². The minimum atomic E-state index is -0.220. The smallest absolute Gasteiger partial charge is 0.224 e. The molecule has 1 atom stereocenters. The van der Waals surface area contributed by atoms with Gasteiger partial charge in [0.1, 0.15) is 5.82 Å². The van der Waals surface area contributed by atoms with Gasteiger partial charge in [-0.25, -0.2) is 4.39 Å². The van der Waals surface area contributed by atoms with Crippen LogP contribution < -0.4 is 5.32 Å². The minimum Gasteiger partial charge on any atom is -0.326 e. The van der Waals surface area contributed by atoms with Crippen molar-refractivity contribution in [2.45, 2.75) is 43.4 Å². The number of anilines is 1. The second kappa shape index (κ2) is 5.23. The molecule has 1 aromatic carbocycles. The number of aryl methyl sites for hydroxylation is 1. The molecular formula is C15H17BrFNO. The molecule has 1 fully saturated rings. The Morgan fingerprint density at radius 2 is 2.16 bits per heavy atom. The topological polar surface area (TPSA) is 29.1 Å². The minimum absolute atomic E-state index is 0.0236. The van der Waals surface area contributed by atoms with Crippen LogP contribution in [0.25, 0.3) is 0 Å². The highest BCUT2D eigenvalue weighted by molar-refractivity contribution is 9.09. The number of fused-ring (bicyclic) bond motifs is 1. The van der Waals surface area contributed by atoms with Crippen LogP contribution in [0.3, 0.4) is 0 Å². The van der Waals surface area contributed by atoms with E-state index >= 15 is 0 Å². The zero-order valence-corrected chi connectivity index (χ0v) is 12.3. The number of alkyl halides is 1. The number of rotatable bonds is 3. The molecule has 2 aliphatic rings. The number of carbonyl (C=O) groups excluding carboxylic acids is 1. The summed E-state index contributed by atoms with van der Waals surface area (Å²) in [7, 11) is 0. The summed E-state index contributed by atoms with van der Waals surface area (Å²) in [4.78, 5) is 11.4. The summed E-state index contributed by atoms with van der Waals surface area (Å²) in [5.41, 5.74) is 2.43. The Hall–Kier alpha value is -0.900. The van der Waals surface area contributed by atoms with Gasteiger partial charge in [-0.2, -0.15) is 0 Å². The second-order valence-corrected chi connectivity index (χ2v) is 6.68. The van der Waals surface area contributed by atoms with Gasteiger partial charge in [0.25, 0.3) is 0 Å². The lowest BCUT2D eigenvalue weighted by atomic mass is 9.81. The van der Waals surface area contributed by atoms with Gasteiger partial charge >= 0.3 is 0 Å². The van der Waals surface area contributed by atoms with Crippen LogP contribution in [-0.2, 0) is 11.2 Å². The van der Waals surface area contributed by atoms with Crippen molar-refractivity contribution < 1.29 is 9.18 Å². The molecule has 1 N–H and O–H groups in total. The van der Waals surface area contributed by atoms with Crippen LogP contribution in [0, 0.1) is 11.7 Å². The molecule has 3 rings (SSSR count). The first kappa shape index (κ1) is 13.1. The van der Waals surface area contributed by atoms with E-state index in [0.29, 0.717) is 18.5 Å². The zero-order valence-electron chi connectivity index (χ0n) is 10.7. The molecule has 1 aliphatic heterocycles. The number of nitrogens with one attached hydrogen (secondary N) is 1. The molecule has 0 aromatic heterocycles. The normalized spacial score (nSPS) is 20.4. The molecule has 4 heteroatoms. The molecule has 19 heavy (non-hydrogen) atoms. The van der Waals surface area contributed by atoms with E-state index in [1.165, 1.54) is 25.3 Å². The van der Waals surface area contributed by atoms with Gasteiger partial charge in [0.05, 0.1) is 0 Å². The fraction of sp³-hybridized carbons (Fsp3) is 0.533. The van der Waals surface area contributed by atoms with Crippen molar-refractivity contribution in [3.8, 4) is 0 Å². The van der Waals surface area contributed by atoms with E-state index in [1.807, 2.05) is 6.07 Å². The molecule has 1 unspecified atom stereocenters. The van der Waals surface area contributed by atoms with Crippen LogP contribution in [0.4, 0.5) is 10.1 Å². The van der Waals surface area contributed by atoms with E-state index in [1.54, 1.807) is 0 Å². The lowest BCUT2D eigenvalue weighted by Gasteiger charge is -2.28. The maximum Gasteiger partial charge on any atom is 0.224 e. The molecule has 1 heterocycles. The highest BCUT2D eigenvalue weighted by Gasteiger charge is 2.25. The van der Waals surface area contributed by atoms with Crippen LogP contribution >= 0.6 is 15.9 Å². The van der Waals surface area contributed by atoms with Gasteiger partial charge < -0.3 is 5.32 Å². The van der Waals surface area contributed by atoms with Gasteiger partial charge in [-0.05, 0) is 36.5 Å². The molecule has 0 bridgehead atoms. The first-order chi connectivity index (χ1) is 9.13. The quantitative estimate of drug-likeness (QED) is 0.823. The highest BCUT2D eigenvalue weighted by atomic mass is 79.9. The van der Waals surface area contributed by atoms with E-state index in [9.17, 15) is 9.18 Å². The Balaban J connectivity index is 1.83. The largest absolute Gasteiger partial charge is 0.326 e. The summed E-state index contributed by atoms with van der Waals surface area (Å²) >= 11 is 3.62. The predicted molar refractivity (Wildman–Crippen MR) is 77.0 cm³/mol. The van der Waals surface area contributed by atoms with E-state index in [2.05, 4.69) is 21.2 Å². The van der Waals surface area contributed by atoms with Gasteiger partial charge in [0.2, 0.25) is 5.91 Å². The summed E-state index contributed by atoms with van der Waals surface area (Å²) in [6, 6.07) is 3.39. The van der Waals surface area contributed by atoms with Crippen molar-refractivity contribution in [3.05, 3.63) is 29.1 Å². The Labute approximate surface area is 120 Å². The summed E-state index contributed by atoms with van der Waals surface area (Å²) < 4.78 is 14.1. The van der Waals surface area contributed by atoms with Crippen molar-refractivity contribution in [2.75, 3.05) is 5.32 Å². The number of halogens is 2. The molecule has 0 spiro atoms. The number of hydrogen-bond donors (Lipinski definition) is 1. The number of benzene rings is 1. The Morgan fingerprint density at radius 1 is 1.37 bits per heavy atom. The van der Waals surface area contributed by atoms with Crippen LogP contribution in [0.15, 0.2) is 12.1 Å². The average molecular weight is 326 g/mol. The van der Waals surface area contributed by atoms with E-state index in [4.69, 9.17) is 0 Å². The van der Waals surface area contributed by atoms with Crippen LogP contribution in [0.1, 0.15) is 48.1 Å². The lowest BCUT2D eigenvalue weighted by molar-refractivity contribution is -0.116. The maximum absolute atomic E-state index is 14.1. The maximum atomic E-state index is 14.1. The molecule has 102 valence electrons. The van der Waals surface area contributed by atoms with E-state index < -0.39 is 0 Å². The van der Waals surface area contributed by atoms with E-state index in [-0.39, 0.29) is 16.6 Å². The SMILES string of the molecule is O=C1CCc2cc(C(Br)CC3CCC3)c(F)cc2N1. The number of carbonyl (C=O) groups is 1. The van der Waals surface area contributed by atoms with Gasteiger partial charge in [-0.1, -0.05) is 35.2 Å². The van der Waals surface area contributed by atoms with Crippen LogP contribution in [0.5, 0.6) is 0 Å². The third-order valence-corrected chi connectivity index (χ3v) is 5.09. The Morgan fingerprint density at radius 3 is 2.84 bits per heavy atom. The molecule has 0 radical (unpaired) electrons. The zero-order chi connectivity index (χ0) is 13.4. The van der Waals surface area contributed by atoms with Crippen molar-refractivity contribution in [3.63, 3.8) is 0 Å². The average Bonchev–Trinajstić information content (AvgIpc) is 2.32. The second-order valence-electron chi connectivity index (χ2n) is 5.58. The molecule has 1 aromatic rings. The summed E-state index contributed by atoms with van der Waals surface area (Å²) in [5, 5.41) is 2.74. The standard InChI is InChI=1S/C15H17BrFNO/c16-12(6-9-2-1-3-9)11-7-10-4-5-15(19)18-14(10)8-13(11)17/h7-9,12H,1-6H2,(H,18,19). The first-order valence-corrected chi connectivity index (χ1v) is 7.81. The van der Waals surface area contributed by atoms with Crippen molar-refractivity contribution in [2.24, 2.45) is 5.92 Å². The van der Waals surface area contributed by atoms with Crippen LogP contribution in [-0.4, -0.2) is 5.91 Å². The van der Waals surface area contributed by atoms with Crippen molar-refractivity contribution in [1.29, 1.82) is 0 Å². The fourth-order valence-corrected chi connectivity index (χ4v) is 3.69. The molecule has 1 amide bonds. The summed E-state index contributed by atoms with van der Waals surface area (Å²) in [6.45, 7) is 0. The molecule has 0 saturated heterocycles. The fourth-order valence-electron chi connectivity index (χ4n) is 2.81. The van der Waals surface area contributed by atoms with Gasteiger partial charge in [-0.15, -0.1) is 0 Å². The molecule has 2 nitrogen and oxygen atoms in total. The molecule has 1 saturated carbocycles. The highest BCUT2D eigenvalue weighted by Crippen LogP contribution is 2.40. The molecular weight excluding hydrogens is 309 g/mol. The van der Waals surface area contributed by atoms with E-state index in [0.717, 1.165) is 23.5 Å². The lowest BCUT2D eigenvalue weighted by Crippen LogP contribution is -2.20. The van der Waals surface area contributed by atoms with Crippen LogP contribution in [0.2, 0.25) is 0 Å². The summed E-state index contributed by atoms with van der Waals surface area (Å²) in [6.07, 6.45) is 6.05. The predicted octanol–water partition coefficient (Wildman–Crippen LogP) is 4.34. The third kappa shape index (κ3) is 2.69. The van der Waals surface area contributed by atoms with Gasteiger partial charge in [0.15, 0.2) is 0 Å². The summed E-state index contributed by atoms with van der Waals surface area (Å²) in [5.74, 6) is 0.492.